The van der Waals surface area contributed by atoms with E-state index < -0.39 is 26.4 Å². The molecule has 3 heterocycles. The van der Waals surface area contributed by atoms with Crippen molar-refractivity contribution in [1.29, 1.82) is 0 Å². The number of halogens is 2. The van der Waals surface area contributed by atoms with Crippen LogP contribution in [0.4, 0.5) is 26.1 Å². The smallest absolute Gasteiger partial charge is 0.241 e. The zero-order valence-corrected chi connectivity index (χ0v) is 23.7. The Hall–Kier alpha value is -3.94. The van der Waals surface area contributed by atoms with Crippen LogP contribution >= 0.6 is 0 Å². The summed E-state index contributed by atoms with van der Waals surface area (Å²) in [5, 5.41) is 6.26. The average molecular weight is 584 g/mol. The van der Waals surface area contributed by atoms with Crippen LogP contribution in [0.1, 0.15) is 13.3 Å². The number of nitrogens with zero attached hydrogens (tertiary/aromatic N) is 4. The number of aromatic nitrogens is 3. The molecular weight excluding hydrogens is 552 g/mol. The second-order valence-corrected chi connectivity index (χ2v) is 12.2. The third-order valence-electron chi connectivity index (χ3n) is 7.26. The van der Waals surface area contributed by atoms with Crippen LogP contribution in [0, 0.1) is 11.6 Å². The van der Waals surface area contributed by atoms with Crippen LogP contribution < -0.4 is 10.6 Å². The van der Waals surface area contributed by atoms with Crippen molar-refractivity contribution in [2.75, 3.05) is 50.1 Å². The average Bonchev–Trinajstić information content (AvgIpc) is 3.24. The standard InChI is InChI=1S/C28H31F2N7O3S/c1-17(37-12-6-11-36(2)13-14-37)27(38)33-22-9-4-7-18-19(15-31-26(18)22)25-20(29)16-32-28(35-25)34-21-8-5-10-23(24(21)30)41(3,39)40/h4-5,7-10,15-17,31H,6,11-14H2,1-3H3,(H,33,38)(H,32,34,35)/t17-/m1/s1. The van der Waals surface area contributed by atoms with E-state index >= 15 is 0 Å². The first-order valence-electron chi connectivity index (χ1n) is 13.1. The molecule has 216 valence electrons. The molecule has 0 radical (unpaired) electrons. The minimum atomic E-state index is -3.81. The number of rotatable bonds is 7. The van der Waals surface area contributed by atoms with E-state index in [1.165, 1.54) is 12.1 Å². The van der Waals surface area contributed by atoms with Crippen LogP contribution in [0.5, 0.6) is 0 Å². The molecule has 1 aliphatic heterocycles. The van der Waals surface area contributed by atoms with Gasteiger partial charge < -0.3 is 20.5 Å². The molecule has 13 heteroatoms. The molecule has 1 atom stereocenters. The maximum atomic E-state index is 15.0. The summed E-state index contributed by atoms with van der Waals surface area (Å²) < 4.78 is 53.6. The highest BCUT2D eigenvalue weighted by atomic mass is 32.2. The number of anilines is 3. The molecular formula is C28H31F2N7O3S. The molecule has 10 nitrogen and oxygen atoms in total. The maximum absolute atomic E-state index is 15.0. The highest BCUT2D eigenvalue weighted by Gasteiger charge is 2.24. The van der Waals surface area contributed by atoms with Gasteiger partial charge in [0, 0.05) is 43.0 Å². The minimum absolute atomic E-state index is 0.0565. The van der Waals surface area contributed by atoms with Crippen molar-refractivity contribution in [1.82, 2.24) is 24.8 Å². The molecule has 2 aromatic carbocycles. The van der Waals surface area contributed by atoms with E-state index in [-0.39, 0.29) is 29.3 Å². The summed E-state index contributed by atoms with van der Waals surface area (Å²) in [6.07, 6.45) is 4.42. The number of carbonyl (C=O) groups is 1. The van der Waals surface area contributed by atoms with E-state index in [1.54, 1.807) is 24.4 Å². The summed E-state index contributed by atoms with van der Waals surface area (Å²) in [5.41, 5.74) is 1.33. The Kier molecular flexibility index (Phi) is 8.02. The van der Waals surface area contributed by atoms with Crippen LogP contribution in [-0.4, -0.2) is 84.6 Å². The molecule has 2 aromatic heterocycles. The summed E-state index contributed by atoms with van der Waals surface area (Å²) in [6, 6.07) is 8.84. The Morgan fingerprint density at radius 3 is 2.61 bits per heavy atom. The van der Waals surface area contributed by atoms with Gasteiger partial charge >= 0.3 is 0 Å². The summed E-state index contributed by atoms with van der Waals surface area (Å²) in [6.45, 7) is 5.41. The number of hydrogen-bond donors (Lipinski definition) is 3. The fourth-order valence-corrected chi connectivity index (χ4v) is 5.70. The third-order valence-corrected chi connectivity index (χ3v) is 8.38. The Bertz CT molecular complexity index is 1710. The van der Waals surface area contributed by atoms with Crippen LogP contribution in [0.3, 0.4) is 0 Å². The monoisotopic (exact) mass is 583 g/mol. The number of H-pyrrole nitrogens is 1. The number of aromatic amines is 1. The number of likely N-dealkylation sites (N-methyl/N-ethyl adjacent to an activating group) is 1. The molecule has 1 aliphatic rings. The normalized spacial score (nSPS) is 15.9. The van der Waals surface area contributed by atoms with Gasteiger partial charge in [0.1, 0.15) is 10.6 Å². The first-order valence-corrected chi connectivity index (χ1v) is 15.0. The van der Waals surface area contributed by atoms with E-state index in [2.05, 4.69) is 42.4 Å². The fraction of sp³-hybridized carbons (Fsp3) is 0.321. The van der Waals surface area contributed by atoms with Crippen LogP contribution in [0.15, 0.2) is 53.7 Å². The van der Waals surface area contributed by atoms with Crippen molar-refractivity contribution in [3.8, 4) is 11.3 Å². The number of benzene rings is 2. The summed E-state index contributed by atoms with van der Waals surface area (Å²) in [4.78, 5) is 28.4. The van der Waals surface area contributed by atoms with Gasteiger partial charge in [-0.1, -0.05) is 18.2 Å². The second kappa shape index (κ2) is 11.5. The molecule has 3 N–H and O–H groups in total. The van der Waals surface area contributed by atoms with Gasteiger partial charge in [-0.25, -0.2) is 27.2 Å². The lowest BCUT2D eigenvalue weighted by Gasteiger charge is -2.26. The van der Waals surface area contributed by atoms with Crippen LogP contribution in [0.2, 0.25) is 0 Å². The minimum Gasteiger partial charge on any atom is -0.359 e. The lowest BCUT2D eigenvalue weighted by atomic mass is 10.1. The number of amides is 1. The largest absolute Gasteiger partial charge is 0.359 e. The number of para-hydroxylation sites is 1. The molecule has 0 unspecified atom stereocenters. The van der Waals surface area contributed by atoms with E-state index in [1.807, 2.05) is 6.92 Å². The first kappa shape index (κ1) is 28.6. The van der Waals surface area contributed by atoms with Crippen molar-refractivity contribution >= 4 is 44.0 Å². The summed E-state index contributed by atoms with van der Waals surface area (Å²) >= 11 is 0. The maximum Gasteiger partial charge on any atom is 0.241 e. The number of fused-ring (bicyclic) bond motifs is 1. The summed E-state index contributed by atoms with van der Waals surface area (Å²) in [7, 11) is -1.73. The number of hydrogen-bond acceptors (Lipinski definition) is 8. The van der Waals surface area contributed by atoms with Gasteiger partial charge in [-0.15, -0.1) is 0 Å². The molecule has 0 bridgehead atoms. The molecule has 4 aromatic rings. The van der Waals surface area contributed by atoms with Gasteiger partial charge in [0.2, 0.25) is 11.9 Å². The van der Waals surface area contributed by atoms with E-state index in [9.17, 15) is 22.0 Å². The molecule has 1 fully saturated rings. The first-order chi connectivity index (χ1) is 19.5. The molecule has 0 aliphatic carbocycles. The molecule has 0 saturated carbocycles. The highest BCUT2D eigenvalue weighted by Crippen LogP contribution is 2.34. The molecule has 41 heavy (non-hydrogen) atoms. The lowest BCUT2D eigenvalue weighted by Crippen LogP contribution is -2.43. The van der Waals surface area contributed by atoms with Crippen molar-refractivity contribution in [3.63, 3.8) is 0 Å². The Labute approximate surface area is 236 Å². The topological polar surface area (TPSA) is 123 Å². The van der Waals surface area contributed by atoms with Gasteiger partial charge in [0.05, 0.1) is 29.1 Å². The highest BCUT2D eigenvalue weighted by molar-refractivity contribution is 7.90. The predicted molar refractivity (Wildman–Crippen MR) is 154 cm³/mol. The van der Waals surface area contributed by atoms with E-state index in [4.69, 9.17) is 0 Å². The zero-order chi connectivity index (χ0) is 29.3. The van der Waals surface area contributed by atoms with Crippen molar-refractivity contribution in [2.24, 2.45) is 0 Å². The lowest BCUT2D eigenvalue weighted by molar-refractivity contribution is -0.120. The third kappa shape index (κ3) is 6.06. The number of carbonyl (C=O) groups excluding carboxylic acids is 1. The molecule has 1 amide bonds. The molecule has 0 spiro atoms. The van der Waals surface area contributed by atoms with Crippen LogP contribution in [-0.2, 0) is 14.6 Å². The van der Waals surface area contributed by atoms with Gasteiger partial charge in [-0.3, -0.25) is 9.69 Å². The second-order valence-electron chi connectivity index (χ2n) is 10.2. The van der Waals surface area contributed by atoms with Gasteiger partial charge in [0.25, 0.3) is 0 Å². The van der Waals surface area contributed by atoms with Crippen molar-refractivity contribution in [2.45, 2.75) is 24.3 Å². The van der Waals surface area contributed by atoms with E-state index in [0.717, 1.165) is 51.1 Å². The summed E-state index contributed by atoms with van der Waals surface area (Å²) in [5.74, 6) is -1.97. The quantitative estimate of drug-likeness (QED) is 0.298. The number of sulfone groups is 1. The number of nitrogens with one attached hydrogen (secondary N) is 3. The van der Waals surface area contributed by atoms with Gasteiger partial charge in [-0.05, 0) is 45.1 Å². The molecule has 5 rings (SSSR count). The fourth-order valence-electron chi connectivity index (χ4n) is 4.94. The van der Waals surface area contributed by atoms with Crippen LogP contribution in [0.25, 0.3) is 22.2 Å². The Morgan fingerprint density at radius 1 is 1.07 bits per heavy atom. The SMILES string of the molecule is C[C@H](C(=O)Nc1cccc2c(-c3nc(Nc4cccc(S(C)(=O)=O)c4F)ncc3F)c[nH]c12)N1CCCN(C)CC1. The molecule has 1 saturated heterocycles. The van der Waals surface area contributed by atoms with Gasteiger partial charge in [0.15, 0.2) is 21.5 Å². The predicted octanol–water partition coefficient (Wildman–Crippen LogP) is 4.01. The van der Waals surface area contributed by atoms with Crippen molar-refractivity contribution in [3.05, 3.63) is 60.4 Å². The van der Waals surface area contributed by atoms with Crippen molar-refractivity contribution < 1.29 is 22.0 Å². The van der Waals surface area contributed by atoms with E-state index in [0.29, 0.717) is 22.2 Å². The Morgan fingerprint density at radius 2 is 1.83 bits per heavy atom. The van der Waals surface area contributed by atoms with Gasteiger partial charge in [-0.2, -0.15) is 0 Å². The zero-order valence-electron chi connectivity index (χ0n) is 22.9. The Balaban J connectivity index is 1.41.